The van der Waals surface area contributed by atoms with E-state index in [0.717, 1.165) is 11.1 Å². The molecule has 2 heterocycles. The summed E-state index contributed by atoms with van der Waals surface area (Å²) < 4.78 is 10.7. The fraction of sp³-hybridized carbons (Fsp3) is 0.304. The van der Waals surface area contributed by atoms with Crippen molar-refractivity contribution in [1.29, 1.82) is 0 Å². The van der Waals surface area contributed by atoms with Crippen LogP contribution < -0.4 is 10.8 Å². The second kappa shape index (κ2) is 9.06. The van der Waals surface area contributed by atoms with E-state index in [1.165, 1.54) is 0 Å². The molecule has 0 aliphatic carbocycles. The van der Waals surface area contributed by atoms with E-state index in [0.29, 0.717) is 34.4 Å². The van der Waals surface area contributed by atoms with E-state index < -0.39 is 25.0 Å². The molecule has 0 fully saturated rings. The molecule has 1 atom stereocenters. The molecule has 0 radical (unpaired) electrons. The summed E-state index contributed by atoms with van der Waals surface area (Å²) in [4.78, 5) is 34.5. The molecule has 32 heavy (non-hydrogen) atoms. The maximum atomic E-state index is 12.9. The zero-order chi connectivity index (χ0) is 22.8. The Morgan fingerprint density at radius 1 is 1.22 bits per heavy atom. The molecule has 2 N–H and O–H groups in total. The van der Waals surface area contributed by atoms with Crippen LogP contribution in [0.1, 0.15) is 41.0 Å². The number of hydrogen-bond acceptors (Lipinski definition) is 7. The molecule has 0 spiro atoms. The Hall–Kier alpha value is -3.30. The predicted octanol–water partition coefficient (Wildman–Crippen LogP) is 1.65. The predicted molar refractivity (Wildman–Crippen MR) is 119 cm³/mol. The summed E-state index contributed by atoms with van der Waals surface area (Å²) in [7, 11) is -1.05. The molecule has 4 rings (SSSR count). The maximum absolute atomic E-state index is 12.9. The molecule has 0 saturated heterocycles. The summed E-state index contributed by atoms with van der Waals surface area (Å²) in [5, 5.41) is 12.8. The number of rotatable bonds is 6. The number of aromatic nitrogens is 2. The first-order valence-corrected chi connectivity index (χ1v) is 10.5. The van der Waals surface area contributed by atoms with Gasteiger partial charge in [-0.3, -0.25) is 9.78 Å². The fourth-order valence-electron chi connectivity index (χ4n) is 3.77. The van der Waals surface area contributed by atoms with Gasteiger partial charge in [-0.25, -0.2) is 9.78 Å². The zero-order valence-corrected chi connectivity index (χ0v) is 18.2. The Balaban J connectivity index is 1.45. The molecule has 0 saturated carbocycles. The quantitative estimate of drug-likeness (QED) is 0.449. The number of ether oxygens (including phenoxy) is 1. The van der Waals surface area contributed by atoms with E-state index in [2.05, 4.69) is 15.3 Å². The number of esters is 1. The first-order chi connectivity index (χ1) is 15.3. The zero-order valence-electron chi connectivity index (χ0n) is 18.2. The van der Waals surface area contributed by atoms with Crippen LogP contribution in [0, 0.1) is 12.8 Å². The van der Waals surface area contributed by atoms with Crippen molar-refractivity contribution in [3.8, 4) is 0 Å². The van der Waals surface area contributed by atoms with Gasteiger partial charge in [0.1, 0.15) is 12.6 Å². The average Bonchev–Trinajstić information content (AvgIpc) is 3.17. The third kappa shape index (κ3) is 4.35. The number of hydrogen-bond donors (Lipinski definition) is 2. The molecule has 1 aliphatic heterocycles. The van der Waals surface area contributed by atoms with Gasteiger partial charge >= 0.3 is 13.1 Å². The Morgan fingerprint density at radius 3 is 2.72 bits per heavy atom. The summed E-state index contributed by atoms with van der Waals surface area (Å²) in [6.07, 6.45) is 1.57. The monoisotopic (exact) mass is 433 g/mol. The second-order valence-corrected chi connectivity index (χ2v) is 8.13. The largest absolute Gasteiger partial charge is 0.492 e. The highest BCUT2D eigenvalue weighted by molar-refractivity contribution is 6.62. The molecule has 0 bridgehead atoms. The van der Waals surface area contributed by atoms with Gasteiger partial charge in [-0.2, -0.15) is 0 Å². The Labute approximate surface area is 186 Å². The van der Waals surface area contributed by atoms with Gasteiger partial charge < -0.3 is 19.7 Å². The van der Waals surface area contributed by atoms with Crippen LogP contribution in [0.5, 0.6) is 0 Å². The molecular weight excluding hydrogens is 409 g/mol. The number of benzene rings is 2. The normalized spacial score (nSPS) is 13.8. The molecule has 3 aromatic rings. The van der Waals surface area contributed by atoms with Crippen molar-refractivity contribution in [1.82, 2.24) is 15.3 Å². The molecule has 1 aromatic heterocycles. The lowest BCUT2D eigenvalue weighted by Crippen LogP contribution is -2.46. The van der Waals surface area contributed by atoms with Gasteiger partial charge in [0.2, 0.25) is 0 Å². The highest BCUT2D eigenvalue weighted by Crippen LogP contribution is 2.17. The standard InChI is InChI=1S/C23H24BN3O5/c1-13(2)21(23(29)31-12-16-10-25-18-6-4-5-7-19(18)26-16)27-22(28)17-9-8-15-11-32-24(30)20(15)14(17)3/h4-10,13,21,30H,11-12H2,1-3H3,(H,27,28)/t21-/m0/s1. The van der Waals surface area contributed by atoms with Crippen LogP contribution in [0.25, 0.3) is 11.0 Å². The summed E-state index contributed by atoms with van der Waals surface area (Å²) >= 11 is 0. The number of nitrogens with one attached hydrogen (secondary N) is 1. The molecule has 9 heteroatoms. The fourth-order valence-corrected chi connectivity index (χ4v) is 3.77. The van der Waals surface area contributed by atoms with Gasteiger partial charge in [0, 0.05) is 5.56 Å². The third-order valence-electron chi connectivity index (χ3n) is 5.56. The topological polar surface area (TPSA) is 111 Å². The summed E-state index contributed by atoms with van der Waals surface area (Å²) in [5.74, 6) is -1.16. The molecule has 1 aliphatic rings. The van der Waals surface area contributed by atoms with Gasteiger partial charge in [-0.1, -0.05) is 32.0 Å². The van der Waals surface area contributed by atoms with Crippen molar-refractivity contribution >= 4 is 35.5 Å². The van der Waals surface area contributed by atoms with Crippen LogP contribution in [-0.4, -0.2) is 40.0 Å². The smallest absolute Gasteiger partial charge is 0.458 e. The summed E-state index contributed by atoms with van der Waals surface area (Å²) in [6, 6.07) is 10.0. The Morgan fingerprint density at radius 2 is 1.97 bits per heavy atom. The van der Waals surface area contributed by atoms with Crippen LogP contribution in [-0.2, 0) is 27.4 Å². The van der Waals surface area contributed by atoms with E-state index in [1.807, 2.05) is 38.1 Å². The van der Waals surface area contributed by atoms with Crippen molar-refractivity contribution in [3.63, 3.8) is 0 Å². The van der Waals surface area contributed by atoms with E-state index >= 15 is 0 Å². The first kappa shape index (κ1) is 21.9. The van der Waals surface area contributed by atoms with Crippen LogP contribution in [0.4, 0.5) is 0 Å². The van der Waals surface area contributed by atoms with Gasteiger partial charge in [-0.05, 0) is 47.6 Å². The molecular formula is C23H24BN3O5. The minimum atomic E-state index is -1.05. The Kier molecular flexibility index (Phi) is 6.20. The summed E-state index contributed by atoms with van der Waals surface area (Å²) in [6.45, 7) is 5.67. The minimum absolute atomic E-state index is 0.0445. The number of carbonyl (C=O) groups excluding carboxylic acids is 2. The molecule has 2 aromatic carbocycles. The van der Waals surface area contributed by atoms with Crippen molar-refractivity contribution in [2.45, 2.75) is 40.0 Å². The van der Waals surface area contributed by atoms with Gasteiger partial charge in [0.05, 0.1) is 29.5 Å². The Bertz CT molecular complexity index is 1180. The number of nitrogens with zero attached hydrogens (tertiary/aromatic N) is 2. The van der Waals surface area contributed by atoms with E-state index in [1.54, 1.807) is 25.3 Å². The van der Waals surface area contributed by atoms with Gasteiger partial charge in [0.15, 0.2) is 0 Å². The van der Waals surface area contributed by atoms with Crippen molar-refractivity contribution in [2.24, 2.45) is 5.92 Å². The lowest BCUT2D eigenvalue weighted by Gasteiger charge is -2.21. The maximum Gasteiger partial charge on any atom is 0.492 e. The van der Waals surface area contributed by atoms with Gasteiger partial charge in [-0.15, -0.1) is 0 Å². The highest BCUT2D eigenvalue weighted by atomic mass is 16.5. The van der Waals surface area contributed by atoms with Crippen LogP contribution >= 0.6 is 0 Å². The van der Waals surface area contributed by atoms with Crippen LogP contribution in [0.2, 0.25) is 0 Å². The first-order valence-electron chi connectivity index (χ1n) is 10.5. The average molecular weight is 433 g/mol. The number of para-hydroxylation sites is 2. The van der Waals surface area contributed by atoms with Crippen molar-refractivity contribution < 1.29 is 24.0 Å². The highest BCUT2D eigenvalue weighted by Gasteiger charge is 2.32. The van der Waals surface area contributed by atoms with Crippen LogP contribution in [0.15, 0.2) is 42.6 Å². The number of amides is 1. The van der Waals surface area contributed by atoms with Crippen molar-refractivity contribution in [3.05, 3.63) is 65.0 Å². The second-order valence-electron chi connectivity index (χ2n) is 8.13. The number of fused-ring (bicyclic) bond motifs is 2. The van der Waals surface area contributed by atoms with E-state index in [-0.39, 0.29) is 12.5 Å². The third-order valence-corrected chi connectivity index (χ3v) is 5.56. The van der Waals surface area contributed by atoms with E-state index in [4.69, 9.17) is 9.39 Å². The van der Waals surface area contributed by atoms with Gasteiger partial charge in [0.25, 0.3) is 5.91 Å². The SMILES string of the molecule is Cc1c(C(=O)N[C@H](C(=O)OCc2cnc3ccccc3n2)C(C)C)ccc2c1B(O)OC2. The molecule has 164 valence electrons. The summed E-state index contributed by atoms with van der Waals surface area (Å²) in [5.41, 5.74) is 4.47. The molecule has 8 nitrogen and oxygen atoms in total. The van der Waals surface area contributed by atoms with E-state index in [9.17, 15) is 14.6 Å². The number of carbonyl (C=O) groups is 2. The minimum Gasteiger partial charge on any atom is -0.458 e. The lowest BCUT2D eigenvalue weighted by molar-refractivity contribution is -0.148. The van der Waals surface area contributed by atoms with Crippen molar-refractivity contribution in [2.75, 3.05) is 0 Å². The molecule has 0 unspecified atom stereocenters. The molecule has 1 amide bonds. The lowest BCUT2D eigenvalue weighted by atomic mass is 9.75. The van der Waals surface area contributed by atoms with Crippen LogP contribution in [0.3, 0.4) is 0 Å².